The molecule has 0 bridgehead atoms. The Labute approximate surface area is 233 Å². The number of nitrogens with zero attached hydrogens (tertiary/aromatic N) is 5. The molecule has 5 rings (SSSR count). The number of rotatable bonds is 14. The molecule has 2 heterocycles. The van der Waals surface area contributed by atoms with Gasteiger partial charge in [-0.2, -0.15) is 5.10 Å². The van der Waals surface area contributed by atoms with E-state index in [1.807, 2.05) is 41.3 Å². The van der Waals surface area contributed by atoms with Crippen molar-refractivity contribution in [3.63, 3.8) is 0 Å². The van der Waals surface area contributed by atoms with Crippen molar-refractivity contribution in [3.05, 3.63) is 55.0 Å². The van der Waals surface area contributed by atoms with Crippen molar-refractivity contribution in [1.82, 2.24) is 25.2 Å². The number of hydrogen-bond acceptors (Lipinski definition) is 8. The third kappa shape index (κ3) is 6.87. The van der Waals surface area contributed by atoms with Gasteiger partial charge >= 0.3 is 0 Å². The number of nitrogens with one attached hydrogen (secondary N) is 1. The van der Waals surface area contributed by atoms with Gasteiger partial charge in [0.15, 0.2) is 0 Å². The van der Waals surface area contributed by atoms with Gasteiger partial charge in [0.2, 0.25) is 5.91 Å². The van der Waals surface area contributed by atoms with Crippen molar-refractivity contribution in [2.24, 2.45) is 5.92 Å². The Kier molecular flexibility index (Phi) is 8.75. The summed E-state index contributed by atoms with van der Waals surface area (Å²) in [7, 11) is 3.34. The SMILES string of the molecule is COc1cc(OC)cc(N(CC2CC2)c2ccc3ncc(-c4cnn(CCCCCCC(=O)NO)c4)nc3c2)c1. The van der Waals surface area contributed by atoms with Crippen molar-refractivity contribution in [2.45, 2.75) is 51.5 Å². The van der Waals surface area contributed by atoms with Crippen LogP contribution in [0.1, 0.15) is 44.9 Å². The summed E-state index contributed by atoms with van der Waals surface area (Å²) in [5.74, 6) is 1.83. The lowest BCUT2D eigenvalue weighted by Gasteiger charge is -2.26. The quantitative estimate of drug-likeness (QED) is 0.121. The maximum absolute atomic E-state index is 11.1. The van der Waals surface area contributed by atoms with Gasteiger partial charge in [0.1, 0.15) is 11.5 Å². The average molecular weight is 545 g/mol. The first-order chi connectivity index (χ1) is 19.6. The number of methoxy groups -OCH3 is 2. The molecule has 40 heavy (non-hydrogen) atoms. The van der Waals surface area contributed by atoms with Crippen molar-refractivity contribution >= 4 is 28.3 Å². The van der Waals surface area contributed by atoms with Gasteiger partial charge < -0.3 is 14.4 Å². The number of unbranched alkanes of at least 4 members (excludes halogenated alkanes) is 3. The van der Waals surface area contributed by atoms with Gasteiger partial charge in [-0.15, -0.1) is 0 Å². The molecule has 0 spiro atoms. The molecule has 0 aliphatic heterocycles. The number of hydrogen-bond donors (Lipinski definition) is 2. The van der Waals surface area contributed by atoms with Crippen LogP contribution in [0.3, 0.4) is 0 Å². The van der Waals surface area contributed by atoms with E-state index in [0.717, 1.165) is 83.9 Å². The maximum Gasteiger partial charge on any atom is 0.243 e. The minimum absolute atomic E-state index is 0.337. The Balaban J connectivity index is 1.32. The second-order valence-electron chi connectivity index (χ2n) is 10.2. The lowest BCUT2D eigenvalue weighted by molar-refractivity contribution is -0.129. The van der Waals surface area contributed by atoms with Crippen LogP contribution in [0.4, 0.5) is 11.4 Å². The molecule has 1 aliphatic carbocycles. The number of carbonyl (C=O) groups excluding carboxylic acids is 1. The third-order valence-corrected chi connectivity index (χ3v) is 7.22. The van der Waals surface area contributed by atoms with Crippen LogP contribution in [0, 0.1) is 5.92 Å². The van der Waals surface area contributed by atoms with E-state index in [2.05, 4.69) is 27.1 Å². The highest BCUT2D eigenvalue weighted by atomic mass is 16.5. The van der Waals surface area contributed by atoms with Gasteiger partial charge in [-0.25, -0.2) is 10.5 Å². The number of benzene rings is 2. The van der Waals surface area contributed by atoms with Crippen molar-refractivity contribution in [1.29, 1.82) is 0 Å². The zero-order valence-corrected chi connectivity index (χ0v) is 23.0. The molecule has 1 aliphatic rings. The molecule has 0 radical (unpaired) electrons. The number of aromatic nitrogens is 4. The van der Waals surface area contributed by atoms with E-state index in [1.165, 1.54) is 12.8 Å². The Bertz CT molecular complexity index is 1430. The summed E-state index contributed by atoms with van der Waals surface area (Å²) >= 11 is 0. The standard InChI is InChI=1S/C30H36N6O4/c1-39-25-13-24(14-26(16-25)40-2)36(19-21-8-9-21)23-10-11-27-28(15-23)33-29(18-31-27)22-17-32-35(20-22)12-6-4-3-5-7-30(37)34-38/h10-11,13-18,20-21,38H,3-9,12,19H2,1-2H3,(H,34,37). The van der Waals surface area contributed by atoms with Crippen molar-refractivity contribution < 1.29 is 19.5 Å². The molecule has 2 N–H and O–H groups in total. The monoisotopic (exact) mass is 544 g/mol. The summed E-state index contributed by atoms with van der Waals surface area (Å²) in [4.78, 5) is 23.0. The Morgan fingerprint density at radius 1 is 1.00 bits per heavy atom. The number of aryl methyl sites for hydroxylation is 1. The molecule has 4 aromatic rings. The smallest absolute Gasteiger partial charge is 0.243 e. The number of anilines is 2. The summed E-state index contributed by atoms with van der Waals surface area (Å²) in [6, 6.07) is 12.2. The number of fused-ring (bicyclic) bond motifs is 1. The van der Waals surface area contributed by atoms with Gasteiger partial charge in [-0.05, 0) is 49.8 Å². The Morgan fingerprint density at radius 2 is 1.77 bits per heavy atom. The van der Waals surface area contributed by atoms with Crippen LogP contribution in [-0.2, 0) is 11.3 Å². The van der Waals surface area contributed by atoms with Crippen LogP contribution in [0.2, 0.25) is 0 Å². The van der Waals surface area contributed by atoms with Crippen LogP contribution >= 0.6 is 0 Å². The van der Waals surface area contributed by atoms with Gasteiger partial charge in [0.25, 0.3) is 0 Å². The number of carbonyl (C=O) groups is 1. The number of ether oxygens (including phenoxy) is 2. The zero-order chi connectivity index (χ0) is 27.9. The fourth-order valence-electron chi connectivity index (χ4n) is 4.76. The molecule has 1 saturated carbocycles. The molecule has 0 unspecified atom stereocenters. The second-order valence-corrected chi connectivity index (χ2v) is 10.2. The predicted molar refractivity (Wildman–Crippen MR) is 153 cm³/mol. The maximum atomic E-state index is 11.1. The molecule has 2 aromatic carbocycles. The molecule has 10 heteroatoms. The van der Waals surface area contributed by atoms with Gasteiger partial charge in [-0.3, -0.25) is 19.7 Å². The summed E-state index contributed by atoms with van der Waals surface area (Å²) < 4.78 is 13.0. The van der Waals surface area contributed by atoms with Crippen LogP contribution in [0.5, 0.6) is 11.5 Å². The van der Waals surface area contributed by atoms with Crippen LogP contribution in [-0.4, -0.2) is 51.6 Å². The molecule has 2 aromatic heterocycles. The minimum atomic E-state index is -0.337. The van der Waals surface area contributed by atoms with Gasteiger partial charge in [-0.1, -0.05) is 12.8 Å². The van der Waals surface area contributed by atoms with E-state index in [-0.39, 0.29) is 5.91 Å². The first-order valence-corrected chi connectivity index (χ1v) is 13.8. The number of hydroxylamine groups is 1. The predicted octanol–water partition coefficient (Wildman–Crippen LogP) is 5.51. The first-order valence-electron chi connectivity index (χ1n) is 13.8. The highest BCUT2D eigenvalue weighted by Gasteiger charge is 2.26. The lowest BCUT2D eigenvalue weighted by atomic mass is 10.1. The Hall–Kier alpha value is -4.18. The zero-order valence-electron chi connectivity index (χ0n) is 23.0. The third-order valence-electron chi connectivity index (χ3n) is 7.22. The minimum Gasteiger partial charge on any atom is -0.497 e. The molecule has 1 amide bonds. The van der Waals surface area contributed by atoms with E-state index in [0.29, 0.717) is 12.3 Å². The second kappa shape index (κ2) is 12.8. The van der Waals surface area contributed by atoms with Crippen molar-refractivity contribution in [2.75, 3.05) is 25.7 Å². The molecule has 1 fully saturated rings. The van der Waals surface area contributed by atoms with E-state index >= 15 is 0 Å². The van der Waals surface area contributed by atoms with Crippen LogP contribution in [0.25, 0.3) is 22.3 Å². The lowest BCUT2D eigenvalue weighted by Crippen LogP contribution is -2.20. The molecular weight excluding hydrogens is 508 g/mol. The molecule has 210 valence electrons. The van der Waals surface area contributed by atoms with E-state index in [1.54, 1.807) is 25.9 Å². The van der Waals surface area contributed by atoms with Crippen molar-refractivity contribution in [3.8, 4) is 22.8 Å². The summed E-state index contributed by atoms with van der Waals surface area (Å²) in [5, 5.41) is 13.1. The molecule has 10 nitrogen and oxygen atoms in total. The average Bonchev–Trinajstić information content (AvgIpc) is 3.70. The first kappa shape index (κ1) is 27.4. The van der Waals surface area contributed by atoms with Gasteiger partial charge in [0, 0.05) is 60.8 Å². The van der Waals surface area contributed by atoms with Crippen LogP contribution < -0.4 is 19.9 Å². The largest absolute Gasteiger partial charge is 0.497 e. The fourth-order valence-corrected chi connectivity index (χ4v) is 4.76. The highest BCUT2D eigenvalue weighted by molar-refractivity contribution is 5.82. The topological polar surface area (TPSA) is 115 Å². The highest BCUT2D eigenvalue weighted by Crippen LogP contribution is 2.38. The Morgan fingerprint density at radius 3 is 2.50 bits per heavy atom. The van der Waals surface area contributed by atoms with Crippen LogP contribution in [0.15, 0.2) is 55.0 Å². The number of amides is 1. The fraction of sp³-hybridized carbons (Fsp3) is 0.400. The summed E-state index contributed by atoms with van der Waals surface area (Å²) in [5.41, 5.74) is 7.10. The van der Waals surface area contributed by atoms with E-state index in [9.17, 15) is 4.79 Å². The molecule has 0 saturated heterocycles. The summed E-state index contributed by atoms with van der Waals surface area (Å²) in [6.45, 7) is 1.70. The van der Waals surface area contributed by atoms with E-state index in [4.69, 9.17) is 19.7 Å². The van der Waals surface area contributed by atoms with Gasteiger partial charge in [0.05, 0.1) is 43.3 Å². The molecular formula is C30H36N6O4. The summed E-state index contributed by atoms with van der Waals surface area (Å²) in [6.07, 6.45) is 12.1. The van der Waals surface area contributed by atoms with E-state index < -0.39 is 0 Å². The molecule has 0 atom stereocenters. The normalized spacial score (nSPS) is 12.9.